The highest BCUT2D eigenvalue weighted by Gasteiger charge is 2.34. The molecule has 2 aromatic rings. The topological polar surface area (TPSA) is 104 Å². The molecule has 2 saturated heterocycles. The molecule has 2 heterocycles. The van der Waals surface area contributed by atoms with Crippen molar-refractivity contribution in [3.8, 4) is 0 Å². The molecule has 0 saturated carbocycles. The lowest BCUT2D eigenvalue weighted by Gasteiger charge is -2.24. The molecule has 2 fully saturated rings. The Morgan fingerprint density at radius 1 is 1.00 bits per heavy atom. The summed E-state index contributed by atoms with van der Waals surface area (Å²) >= 11 is 0. The number of hydrogen-bond acceptors (Lipinski definition) is 5. The Labute approximate surface area is 233 Å². The van der Waals surface area contributed by atoms with Crippen molar-refractivity contribution >= 4 is 26.0 Å². The van der Waals surface area contributed by atoms with Crippen LogP contribution in [0.25, 0.3) is 0 Å². The maximum Gasteiger partial charge on any atom is 0.416 e. The summed E-state index contributed by atoms with van der Waals surface area (Å²) < 4.78 is 92.5. The summed E-state index contributed by atoms with van der Waals surface area (Å²) in [5, 5.41) is 0.803. The minimum absolute atomic E-state index is 0.0467. The molecule has 1 N–H and O–H groups in total. The second kappa shape index (κ2) is 12.0. The predicted molar refractivity (Wildman–Crippen MR) is 144 cm³/mol. The first-order valence-corrected chi connectivity index (χ1v) is 16.0. The normalized spacial score (nSPS) is 19.6. The van der Waals surface area contributed by atoms with Crippen molar-refractivity contribution in [1.29, 1.82) is 0 Å². The Hall–Kier alpha value is -2.74. The molecule has 2 atom stereocenters. The van der Waals surface area contributed by atoms with Crippen LogP contribution in [0.4, 0.5) is 13.2 Å². The van der Waals surface area contributed by atoms with Crippen molar-refractivity contribution in [2.75, 3.05) is 32.7 Å². The average molecular weight is 600 g/mol. The molecule has 1 unspecified atom stereocenters. The van der Waals surface area contributed by atoms with Gasteiger partial charge in [-0.2, -0.15) is 17.5 Å². The van der Waals surface area contributed by atoms with Crippen LogP contribution < -0.4 is 4.72 Å². The van der Waals surface area contributed by atoms with Crippen molar-refractivity contribution in [2.24, 2.45) is 5.92 Å². The quantitative estimate of drug-likeness (QED) is 0.449. The van der Waals surface area contributed by atoms with E-state index in [1.165, 1.54) is 28.6 Å². The summed E-state index contributed by atoms with van der Waals surface area (Å²) in [5.74, 6) is -1.01. The van der Waals surface area contributed by atoms with Gasteiger partial charge in [0.25, 0.3) is 0 Å². The summed E-state index contributed by atoms with van der Waals surface area (Å²) in [4.78, 5) is 15.2. The number of nitrogens with zero attached hydrogens (tertiary/aromatic N) is 2. The molecular weight excluding hydrogens is 567 g/mol. The lowest BCUT2D eigenvalue weighted by atomic mass is 9.90. The van der Waals surface area contributed by atoms with Crippen molar-refractivity contribution < 1.29 is 34.8 Å². The van der Waals surface area contributed by atoms with Gasteiger partial charge in [-0.25, -0.2) is 21.6 Å². The van der Waals surface area contributed by atoms with E-state index in [-0.39, 0.29) is 42.8 Å². The van der Waals surface area contributed by atoms with Crippen LogP contribution in [0.3, 0.4) is 0 Å². The molecule has 0 aromatic heterocycles. The second-order valence-electron chi connectivity index (χ2n) is 10.1. The Balaban J connectivity index is 1.51. The van der Waals surface area contributed by atoms with Crippen molar-refractivity contribution in [2.45, 2.75) is 42.7 Å². The van der Waals surface area contributed by atoms with Crippen LogP contribution in [-0.2, 0) is 37.4 Å². The number of sulfonamides is 2. The van der Waals surface area contributed by atoms with Crippen LogP contribution in [0.5, 0.6) is 0 Å². The molecule has 0 aliphatic carbocycles. The first kappa shape index (κ1) is 30.2. The number of halogens is 3. The van der Waals surface area contributed by atoms with E-state index in [1.54, 1.807) is 17.0 Å². The van der Waals surface area contributed by atoms with E-state index >= 15 is 0 Å². The van der Waals surface area contributed by atoms with E-state index < -0.39 is 37.7 Å². The number of alkyl halides is 3. The van der Waals surface area contributed by atoms with Crippen LogP contribution in [0.15, 0.2) is 65.4 Å². The maximum atomic E-state index is 13.4. The molecule has 218 valence electrons. The van der Waals surface area contributed by atoms with E-state index in [1.807, 2.05) is 0 Å². The lowest BCUT2D eigenvalue weighted by Crippen LogP contribution is -2.34. The maximum absolute atomic E-state index is 13.4. The summed E-state index contributed by atoms with van der Waals surface area (Å²) in [6.45, 7) is 4.95. The van der Waals surface area contributed by atoms with Gasteiger partial charge in [-0.1, -0.05) is 30.8 Å². The summed E-state index contributed by atoms with van der Waals surface area (Å²) in [7, 11) is -7.46. The van der Waals surface area contributed by atoms with Crippen LogP contribution in [0, 0.1) is 5.92 Å². The Morgan fingerprint density at radius 2 is 1.62 bits per heavy atom. The standard InChI is InChI=1S/C27H32F3N3O5S2/c1-2-39(35,36)31-18-21-13-16-33(19-21)40(37,38)24-11-7-22(8-12-24)25(26(34)32-14-3-4-15-32)17-20-5-9-23(10-6-20)27(28,29)30/h2,5-12,21,25,31H,1,3-4,13-19H2/t21-,25?/m1/s1. The second-order valence-corrected chi connectivity index (χ2v) is 13.8. The number of carbonyl (C=O) groups is 1. The van der Waals surface area contributed by atoms with Crippen molar-refractivity contribution in [3.63, 3.8) is 0 Å². The number of amides is 1. The zero-order chi connectivity index (χ0) is 29.1. The van der Waals surface area contributed by atoms with Crippen LogP contribution in [0.2, 0.25) is 0 Å². The van der Waals surface area contributed by atoms with Gasteiger partial charge in [-0.3, -0.25) is 4.79 Å². The largest absolute Gasteiger partial charge is 0.416 e. The van der Waals surface area contributed by atoms with Gasteiger partial charge in [0.05, 0.1) is 16.4 Å². The molecule has 2 aliphatic rings. The molecule has 2 aliphatic heterocycles. The third kappa shape index (κ3) is 7.12. The fraction of sp³-hybridized carbons (Fsp3) is 0.444. The SMILES string of the molecule is C=CS(=O)(=O)NC[C@H]1CCN(S(=O)(=O)c2ccc(C(Cc3ccc(C(F)(F)F)cc3)C(=O)N3CCCC3)cc2)C1. The summed E-state index contributed by atoms with van der Waals surface area (Å²) in [6.07, 6.45) is -2.03. The van der Waals surface area contributed by atoms with Crippen LogP contribution in [-0.4, -0.2) is 64.7 Å². The van der Waals surface area contributed by atoms with E-state index in [9.17, 15) is 34.8 Å². The number of benzene rings is 2. The number of likely N-dealkylation sites (tertiary alicyclic amines) is 1. The van der Waals surface area contributed by atoms with Crippen LogP contribution >= 0.6 is 0 Å². The van der Waals surface area contributed by atoms with Crippen molar-refractivity contribution in [3.05, 3.63) is 77.2 Å². The van der Waals surface area contributed by atoms with Crippen molar-refractivity contribution in [1.82, 2.24) is 13.9 Å². The highest BCUT2D eigenvalue weighted by molar-refractivity contribution is 7.92. The van der Waals surface area contributed by atoms with Gasteiger partial charge in [0, 0.05) is 38.1 Å². The van der Waals surface area contributed by atoms with E-state index in [2.05, 4.69) is 11.3 Å². The zero-order valence-corrected chi connectivity index (χ0v) is 23.4. The molecular formula is C27H32F3N3O5S2. The monoisotopic (exact) mass is 599 g/mol. The van der Waals surface area contributed by atoms with Crippen LogP contribution in [0.1, 0.15) is 41.9 Å². The van der Waals surface area contributed by atoms with Gasteiger partial charge in [-0.15, -0.1) is 0 Å². The molecule has 0 spiro atoms. The number of nitrogens with one attached hydrogen (secondary N) is 1. The van der Waals surface area contributed by atoms with Gasteiger partial charge in [0.2, 0.25) is 26.0 Å². The van der Waals surface area contributed by atoms with Gasteiger partial charge in [0.1, 0.15) is 0 Å². The lowest BCUT2D eigenvalue weighted by molar-refractivity contribution is -0.137. The van der Waals surface area contributed by atoms with Gasteiger partial charge >= 0.3 is 6.18 Å². The highest BCUT2D eigenvalue weighted by atomic mass is 32.2. The predicted octanol–water partition coefficient (Wildman–Crippen LogP) is 3.73. The zero-order valence-electron chi connectivity index (χ0n) is 21.8. The Kier molecular flexibility index (Phi) is 9.08. The molecule has 4 rings (SSSR count). The van der Waals surface area contributed by atoms with Gasteiger partial charge in [-0.05, 0) is 67.0 Å². The summed E-state index contributed by atoms with van der Waals surface area (Å²) in [6, 6.07) is 10.8. The van der Waals surface area contributed by atoms with Gasteiger partial charge in [0.15, 0.2) is 0 Å². The fourth-order valence-electron chi connectivity index (χ4n) is 5.07. The molecule has 0 radical (unpaired) electrons. The molecule has 1 amide bonds. The smallest absolute Gasteiger partial charge is 0.342 e. The minimum Gasteiger partial charge on any atom is -0.342 e. The first-order valence-electron chi connectivity index (χ1n) is 13.0. The fourth-order valence-corrected chi connectivity index (χ4v) is 7.18. The van der Waals surface area contributed by atoms with Gasteiger partial charge < -0.3 is 4.90 Å². The third-order valence-corrected chi connectivity index (χ3v) is 10.3. The first-order chi connectivity index (χ1) is 18.8. The summed E-state index contributed by atoms with van der Waals surface area (Å²) in [5.41, 5.74) is 0.377. The van der Waals surface area contributed by atoms with E-state index in [4.69, 9.17) is 0 Å². The van der Waals surface area contributed by atoms with E-state index in [0.717, 1.165) is 30.4 Å². The minimum atomic E-state index is -4.46. The Bertz CT molecular complexity index is 1420. The molecule has 8 nitrogen and oxygen atoms in total. The molecule has 13 heteroatoms. The molecule has 0 bridgehead atoms. The van der Waals surface area contributed by atoms with E-state index in [0.29, 0.717) is 30.6 Å². The number of carbonyl (C=O) groups excluding carboxylic acids is 1. The highest BCUT2D eigenvalue weighted by Crippen LogP contribution is 2.32. The number of rotatable bonds is 10. The Morgan fingerprint density at radius 3 is 2.20 bits per heavy atom. The number of hydrogen-bond donors (Lipinski definition) is 1. The third-order valence-electron chi connectivity index (χ3n) is 7.40. The average Bonchev–Trinajstić information content (AvgIpc) is 3.63. The molecule has 2 aromatic carbocycles. The molecule has 40 heavy (non-hydrogen) atoms.